The number of nitrogens with zero attached hydrogens (tertiary/aromatic N) is 2. The number of nitrogens with one attached hydrogen (secondary N) is 1. The molecular formula is C19H25N3O2. The van der Waals surface area contributed by atoms with Gasteiger partial charge in [-0.2, -0.15) is 5.10 Å². The quantitative estimate of drug-likeness (QED) is 0.829. The van der Waals surface area contributed by atoms with Crippen LogP contribution in [-0.2, 0) is 6.54 Å². The fourth-order valence-electron chi connectivity index (χ4n) is 3.59. The van der Waals surface area contributed by atoms with Crippen LogP contribution in [0.15, 0.2) is 29.1 Å². The lowest BCUT2D eigenvalue weighted by molar-refractivity contribution is 0.0947. The van der Waals surface area contributed by atoms with Gasteiger partial charge in [-0.1, -0.05) is 43.9 Å². The monoisotopic (exact) mass is 327 g/mol. The Labute approximate surface area is 142 Å². The van der Waals surface area contributed by atoms with Crippen molar-refractivity contribution < 1.29 is 4.79 Å². The average molecular weight is 327 g/mol. The van der Waals surface area contributed by atoms with E-state index in [4.69, 9.17) is 0 Å². The second-order valence-electron chi connectivity index (χ2n) is 6.56. The summed E-state index contributed by atoms with van der Waals surface area (Å²) in [6.45, 7) is 2.97. The summed E-state index contributed by atoms with van der Waals surface area (Å²) >= 11 is 0. The molecule has 1 amide bonds. The summed E-state index contributed by atoms with van der Waals surface area (Å²) in [6, 6.07) is 7.18. The second kappa shape index (κ2) is 7.60. The van der Waals surface area contributed by atoms with Crippen LogP contribution in [0.2, 0.25) is 0 Å². The molecule has 128 valence electrons. The van der Waals surface area contributed by atoms with Crippen molar-refractivity contribution in [3.05, 3.63) is 40.3 Å². The third-order valence-electron chi connectivity index (χ3n) is 4.93. The van der Waals surface area contributed by atoms with Gasteiger partial charge in [-0.25, -0.2) is 4.68 Å². The normalized spacial score (nSPS) is 15.0. The Hall–Kier alpha value is -2.17. The van der Waals surface area contributed by atoms with E-state index in [2.05, 4.69) is 10.4 Å². The largest absolute Gasteiger partial charge is 0.351 e. The summed E-state index contributed by atoms with van der Waals surface area (Å²) in [5, 5.41) is 8.41. The first-order valence-corrected chi connectivity index (χ1v) is 8.98. The summed E-state index contributed by atoms with van der Waals surface area (Å²) in [4.78, 5) is 24.9. The van der Waals surface area contributed by atoms with Gasteiger partial charge in [-0.3, -0.25) is 9.59 Å². The molecule has 1 aromatic heterocycles. The number of benzene rings is 1. The van der Waals surface area contributed by atoms with E-state index >= 15 is 0 Å². The molecule has 0 atom stereocenters. The van der Waals surface area contributed by atoms with Crippen LogP contribution in [0.4, 0.5) is 0 Å². The Morgan fingerprint density at radius 1 is 1.25 bits per heavy atom. The highest BCUT2D eigenvalue weighted by atomic mass is 16.2. The van der Waals surface area contributed by atoms with E-state index in [-0.39, 0.29) is 11.5 Å². The zero-order valence-electron chi connectivity index (χ0n) is 14.3. The topological polar surface area (TPSA) is 64.0 Å². The lowest BCUT2D eigenvalue weighted by Crippen LogP contribution is -2.31. The highest BCUT2D eigenvalue weighted by Crippen LogP contribution is 2.28. The molecule has 1 aliphatic rings. The van der Waals surface area contributed by atoms with Gasteiger partial charge in [0.15, 0.2) is 5.69 Å². The number of fused-ring (bicyclic) bond motifs is 1. The maximum atomic E-state index is 12.5. The standard InChI is InChI=1S/C19H25N3O2/c1-2-22-19(24)16-12-6-5-11-15(16)17(21-22)18(23)20-13-7-10-14-8-3-4-9-14/h5-6,11-12,14H,2-4,7-10,13H2,1H3,(H,20,23). The maximum absolute atomic E-state index is 12.5. The van der Waals surface area contributed by atoms with Crippen molar-refractivity contribution in [1.82, 2.24) is 15.1 Å². The van der Waals surface area contributed by atoms with Gasteiger partial charge in [-0.15, -0.1) is 0 Å². The van der Waals surface area contributed by atoms with E-state index in [1.54, 1.807) is 12.1 Å². The molecule has 0 unspecified atom stereocenters. The van der Waals surface area contributed by atoms with Crippen molar-refractivity contribution in [2.75, 3.05) is 6.54 Å². The van der Waals surface area contributed by atoms with Gasteiger partial charge >= 0.3 is 0 Å². The molecule has 1 N–H and O–H groups in total. The molecule has 0 radical (unpaired) electrons. The van der Waals surface area contributed by atoms with Crippen LogP contribution < -0.4 is 10.9 Å². The Kier molecular flexibility index (Phi) is 5.28. The number of rotatable bonds is 6. The number of hydrogen-bond donors (Lipinski definition) is 1. The number of aromatic nitrogens is 2. The maximum Gasteiger partial charge on any atom is 0.274 e. The molecule has 24 heavy (non-hydrogen) atoms. The lowest BCUT2D eigenvalue weighted by atomic mass is 10.0. The minimum absolute atomic E-state index is 0.147. The van der Waals surface area contributed by atoms with Crippen molar-refractivity contribution in [3.63, 3.8) is 0 Å². The Morgan fingerprint density at radius 2 is 1.96 bits per heavy atom. The van der Waals surface area contributed by atoms with E-state index in [1.807, 2.05) is 19.1 Å². The number of hydrogen-bond acceptors (Lipinski definition) is 3. The number of amides is 1. The third kappa shape index (κ3) is 3.50. The Bertz CT molecular complexity index is 776. The van der Waals surface area contributed by atoms with Gasteiger partial charge < -0.3 is 5.32 Å². The molecule has 3 rings (SSSR count). The molecule has 0 aliphatic heterocycles. The number of carbonyl (C=O) groups is 1. The first-order chi connectivity index (χ1) is 11.7. The molecule has 1 aromatic carbocycles. The molecule has 1 fully saturated rings. The molecule has 5 heteroatoms. The smallest absolute Gasteiger partial charge is 0.274 e. The van der Waals surface area contributed by atoms with Crippen molar-refractivity contribution in [3.8, 4) is 0 Å². The van der Waals surface area contributed by atoms with E-state index in [0.717, 1.165) is 12.3 Å². The van der Waals surface area contributed by atoms with E-state index in [1.165, 1.54) is 36.8 Å². The summed E-state index contributed by atoms with van der Waals surface area (Å²) in [5.74, 6) is 0.641. The summed E-state index contributed by atoms with van der Waals surface area (Å²) < 4.78 is 1.36. The zero-order valence-corrected chi connectivity index (χ0v) is 14.3. The first-order valence-electron chi connectivity index (χ1n) is 8.98. The molecule has 0 bridgehead atoms. The van der Waals surface area contributed by atoms with Crippen LogP contribution in [0.5, 0.6) is 0 Å². The van der Waals surface area contributed by atoms with Crippen molar-refractivity contribution >= 4 is 16.7 Å². The summed E-state index contributed by atoms with van der Waals surface area (Å²) in [7, 11) is 0. The van der Waals surface area contributed by atoms with Crippen LogP contribution in [0.25, 0.3) is 10.8 Å². The zero-order chi connectivity index (χ0) is 16.9. The van der Waals surface area contributed by atoms with Crippen LogP contribution >= 0.6 is 0 Å². The van der Waals surface area contributed by atoms with Crippen molar-refractivity contribution in [2.24, 2.45) is 5.92 Å². The summed E-state index contributed by atoms with van der Waals surface area (Å²) in [5.41, 5.74) is 0.193. The highest BCUT2D eigenvalue weighted by molar-refractivity contribution is 6.04. The van der Waals surface area contributed by atoms with E-state index in [9.17, 15) is 9.59 Å². The van der Waals surface area contributed by atoms with Crippen LogP contribution in [-0.4, -0.2) is 22.2 Å². The molecule has 1 saturated carbocycles. The van der Waals surface area contributed by atoms with Gasteiger partial charge in [0.25, 0.3) is 11.5 Å². The fraction of sp³-hybridized carbons (Fsp3) is 0.526. The first kappa shape index (κ1) is 16.7. The minimum atomic E-state index is -0.195. The van der Waals surface area contributed by atoms with Gasteiger partial charge in [0.1, 0.15) is 0 Å². The molecule has 0 saturated heterocycles. The minimum Gasteiger partial charge on any atom is -0.351 e. The number of aryl methyl sites for hydroxylation is 1. The van der Waals surface area contributed by atoms with E-state index in [0.29, 0.717) is 29.6 Å². The third-order valence-corrected chi connectivity index (χ3v) is 4.93. The molecule has 2 aromatic rings. The predicted molar refractivity (Wildman–Crippen MR) is 95.2 cm³/mol. The van der Waals surface area contributed by atoms with Crippen molar-refractivity contribution in [1.29, 1.82) is 0 Å². The van der Waals surface area contributed by atoms with E-state index < -0.39 is 0 Å². The van der Waals surface area contributed by atoms with Gasteiger partial charge in [0.2, 0.25) is 0 Å². The van der Waals surface area contributed by atoms with Gasteiger partial charge in [0, 0.05) is 18.5 Å². The predicted octanol–water partition coefficient (Wildman–Crippen LogP) is 3.12. The van der Waals surface area contributed by atoms with Gasteiger partial charge in [-0.05, 0) is 31.7 Å². The Balaban J connectivity index is 1.72. The SMILES string of the molecule is CCn1nc(C(=O)NCCCC2CCCC2)c2ccccc2c1=O. The Morgan fingerprint density at radius 3 is 2.67 bits per heavy atom. The molecule has 0 spiro atoms. The molecule has 1 heterocycles. The summed E-state index contributed by atoms with van der Waals surface area (Å²) in [6.07, 6.45) is 7.56. The lowest BCUT2D eigenvalue weighted by Gasteiger charge is -2.11. The molecular weight excluding hydrogens is 302 g/mol. The fourth-order valence-corrected chi connectivity index (χ4v) is 3.59. The van der Waals surface area contributed by atoms with Crippen LogP contribution in [0.1, 0.15) is 55.9 Å². The second-order valence-corrected chi connectivity index (χ2v) is 6.56. The number of carbonyl (C=O) groups excluding carboxylic acids is 1. The molecule has 1 aliphatic carbocycles. The van der Waals surface area contributed by atoms with Crippen LogP contribution in [0, 0.1) is 5.92 Å². The highest BCUT2D eigenvalue weighted by Gasteiger charge is 2.17. The molecule has 5 nitrogen and oxygen atoms in total. The van der Waals surface area contributed by atoms with Crippen molar-refractivity contribution in [2.45, 2.75) is 52.0 Å². The van der Waals surface area contributed by atoms with Gasteiger partial charge in [0.05, 0.1) is 5.39 Å². The van der Waals surface area contributed by atoms with Crippen LogP contribution in [0.3, 0.4) is 0 Å². The average Bonchev–Trinajstić information content (AvgIpc) is 3.12.